The van der Waals surface area contributed by atoms with Gasteiger partial charge in [-0.15, -0.1) is 0 Å². The van der Waals surface area contributed by atoms with Crippen molar-refractivity contribution in [1.29, 1.82) is 5.26 Å². The summed E-state index contributed by atoms with van der Waals surface area (Å²) in [6.07, 6.45) is 1.56. The second-order valence-corrected chi connectivity index (χ2v) is 5.96. The molecular formula is C20H15ClN4O2. The zero-order valence-corrected chi connectivity index (χ0v) is 15.1. The van der Waals surface area contributed by atoms with Crippen LogP contribution in [-0.4, -0.2) is 18.0 Å². The standard InChI is InChI=1S/C20H15ClN4O2/c1-27-19-9-7-15(10-17(19)21)24-16-6-8-18(23-12-16)20(26)25-14-4-2-13(11-22)3-5-14/h2-10,12,24H,1H3,(H,25,26). The predicted octanol–water partition coefficient (Wildman–Crippen LogP) is 4.61. The number of nitriles is 1. The molecule has 7 heteroatoms. The first kappa shape index (κ1) is 18.2. The minimum atomic E-state index is -0.334. The molecule has 1 heterocycles. The van der Waals surface area contributed by atoms with E-state index in [1.165, 1.54) is 0 Å². The lowest BCUT2D eigenvalue weighted by Gasteiger charge is -2.09. The van der Waals surface area contributed by atoms with E-state index in [0.29, 0.717) is 27.7 Å². The summed E-state index contributed by atoms with van der Waals surface area (Å²) in [6.45, 7) is 0. The van der Waals surface area contributed by atoms with Crippen molar-refractivity contribution in [2.24, 2.45) is 0 Å². The largest absolute Gasteiger partial charge is 0.495 e. The highest BCUT2D eigenvalue weighted by atomic mass is 35.5. The predicted molar refractivity (Wildman–Crippen MR) is 105 cm³/mol. The number of pyridine rings is 1. The number of carbonyl (C=O) groups is 1. The van der Waals surface area contributed by atoms with Crippen molar-refractivity contribution in [2.45, 2.75) is 0 Å². The van der Waals surface area contributed by atoms with E-state index in [0.717, 1.165) is 5.69 Å². The molecule has 27 heavy (non-hydrogen) atoms. The van der Waals surface area contributed by atoms with Gasteiger partial charge >= 0.3 is 0 Å². The maximum atomic E-state index is 12.3. The Kier molecular flexibility index (Phi) is 5.55. The fourth-order valence-electron chi connectivity index (χ4n) is 2.34. The number of hydrogen-bond acceptors (Lipinski definition) is 5. The molecule has 3 rings (SSSR count). The van der Waals surface area contributed by atoms with Crippen molar-refractivity contribution in [3.05, 3.63) is 77.1 Å². The molecule has 1 aromatic heterocycles. The van der Waals surface area contributed by atoms with Gasteiger partial charge in [0.05, 0.1) is 35.6 Å². The van der Waals surface area contributed by atoms with Gasteiger partial charge < -0.3 is 15.4 Å². The number of nitrogens with one attached hydrogen (secondary N) is 2. The highest BCUT2D eigenvalue weighted by molar-refractivity contribution is 6.32. The van der Waals surface area contributed by atoms with Crippen LogP contribution >= 0.6 is 11.6 Å². The van der Waals surface area contributed by atoms with E-state index < -0.39 is 0 Å². The molecular weight excluding hydrogens is 364 g/mol. The summed E-state index contributed by atoms with van der Waals surface area (Å²) in [5.41, 5.74) is 2.89. The van der Waals surface area contributed by atoms with Crippen molar-refractivity contribution in [3.63, 3.8) is 0 Å². The Bertz CT molecular complexity index is 996. The lowest BCUT2D eigenvalue weighted by atomic mass is 10.2. The monoisotopic (exact) mass is 378 g/mol. The lowest BCUT2D eigenvalue weighted by molar-refractivity contribution is 0.102. The number of ether oxygens (including phenoxy) is 1. The summed E-state index contributed by atoms with van der Waals surface area (Å²) in [5.74, 6) is 0.258. The van der Waals surface area contributed by atoms with Crippen molar-refractivity contribution in [2.75, 3.05) is 17.7 Å². The van der Waals surface area contributed by atoms with Crippen LogP contribution in [0.15, 0.2) is 60.8 Å². The number of anilines is 3. The molecule has 0 saturated heterocycles. The van der Waals surface area contributed by atoms with Gasteiger partial charge in [0.2, 0.25) is 0 Å². The lowest BCUT2D eigenvalue weighted by Crippen LogP contribution is -2.13. The van der Waals surface area contributed by atoms with Crippen molar-refractivity contribution >= 4 is 34.6 Å². The highest BCUT2D eigenvalue weighted by Gasteiger charge is 2.08. The van der Waals surface area contributed by atoms with Crippen molar-refractivity contribution < 1.29 is 9.53 Å². The number of benzene rings is 2. The molecule has 0 aliphatic heterocycles. The molecule has 0 saturated carbocycles. The first-order chi connectivity index (χ1) is 13.1. The van der Waals surface area contributed by atoms with Crippen LogP contribution in [0.5, 0.6) is 5.75 Å². The van der Waals surface area contributed by atoms with Crippen LogP contribution in [0.1, 0.15) is 16.1 Å². The van der Waals surface area contributed by atoms with Gasteiger partial charge in [0.25, 0.3) is 5.91 Å². The highest BCUT2D eigenvalue weighted by Crippen LogP contribution is 2.28. The third kappa shape index (κ3) is 4.54. The average Bonchev–Trinajstić information content (AvgIpc) is 2.69. The normalized spacial score (nSPS) is 9.96. The van der Waals surface area contributed by atoms with Gasteiger partial charge in [0.1, 0.15) is 11.4 Å². The maximum Gasteiger partial charge on any atom is 0.274 e. The van der Waals surface area contributed by atoms with Gasteiger partial charge in [-0.1, -0.05) is 11.6 Å². The Morgan fingerprint density at radius 1 is 1.07 bits per heavy atom. The van der Waals surface area contributed by atoms with Crippen LogP contribution < -0.4 is 15.4 Å². The Balaban J connectivity index is 1.66. The van der Waals surface area contributed by atoms with Gasteiger partial charge in [0, 0.05) is 11.4 Å². The molecule has 0 bridgehead atoms. The van der Waals surface area contributed by atoms with Crippen LogP contribution in [0.2, 0.25) is 5.02 Å². The third-order valence-electron chi connectivity index (χ3n) is 3.71. The third-order valence-corrected chi connectivity index (χ3v) is 4.00. The fourth-order valence-corrected chi connectivity index (χ4v) is 2.59. The summed E-state index contributed by atoms with van der Waals surface area (Å²) in [7, 11) is 1.56. The molecule has 3 aromatic rings. The Hall–Kier alpha value is -3.56. The van der Waals surface area contributed by atoms with Crippen LogP contribution in [0.25, 0.3) is 0 Å². The molecule has 2 aromatic carbocycles. The van der Waals surface area contributed by atoms with E-state index in [-0.39, 0.29) is 11.6 Å². The van der Waals surface area contributed by atoms with Gasteiger partial charge in [-0.05, 0) is 54.6 Å². The molecule has 0 aliphatic rings. The van der Waals surface area contributed by atoms with E-state index in [2.05, 4.69) is 15.6 Å². The second-order valence-electron chi connectivity index (χ2n) is 5.55. The number of rotatable bonds is 5. The van der Waals surface area contributed by atoms with E-state index in [1.807, 2.05) is 12.1 Å². The zero-order valence-electron chi connectivity index (χ0n) is 14.4. The molecule has 134 valence electrons. The molecule has 6 nitrogen and oxygen atoms in total. The molecule has 0 unspecified atom stereocenters. The number of amides is 1. The van der Waals surface area contributed by atoms with E-state index >= 15 is 0 Å². The van der Waals surface area contributed by atoms with Crippen molar-refractivity contribution in [1.82, 2.24) is 4.98 Å². The van der Waals surface area contributed by atoms with Gasteiger partial charge in [-0.3, -0.25) is 4.79 Å². The molecule has 0 spiro atoms. The molecule has 0 atom stereocenters. The van der Waals surface area contributed by atoms with E-state index in [1.54, 1.807) is 61.8 Å². The number of nitrogens with zero attached hydrogens (tertiary/aromatic N) is 2. The molecule has 2 N–H and O–H groups in total. The van der Waals surface area contributed by atoms with Gasteiger partial charge in [0.15, 0.2) is 0 Å². The Morgan fingerprint density at radius 2 is 1.78 bits per heavy atom. The van der Waals surface area contributed by atoms with Crippen LogP contribution in [0.3, 0.4) is 0 Å². The molecule has 1 amide bonds. The number of methoxy groups -OCH3 is 1. The molecule has 0 radical (unpaired) electrons. The number of hydrogen-bond donors (Lipinski definition) is 2. The number of halogens is 1. The minimum Gasteiger partial charge on any atom is -0.495 e. The van der Waals surface area contributed by atoms with Gasteiger partial charge in [-0.2, -0.15) is 5.26 Å². The first-order valence-corrected chi connectivity index (χ1v) is 8.35. The first-order valence-electron chi connectivity index (χ1n) is 7.97. The fraction of sp³-hybridized carbons (Fsp3) is 0.0500. The molecule has 0 aliphatic carbocycles. The summed E-state index contributed by atoms with van der Waals surface area (Å²) in [5, 5.41) is 15.2. The van der Waals surface area contributed by atoms with Crippen molar-refractivity contribution in [3.8, 4) is 11.8 Å². The smallest absolute Gasteiger partial charge is 0.274 e. The quantitative estimate of drug-likeness (QED) is 0.676. The maximum absolute atomic E-state index is 12.3. The van der Waals surface area contributed by atoms with Crippen LogP contribution in [0, 0.1) is 11.3 Å². The van der Waals surface area contributed by atoms with E-state index in [9.17, 15) is 4.79 Å². The van der Waals surface area contributed by atoms with Crippen LogP contribution in [0.4, 0.5) is 17.1 Å². The second kappa shape index (κ2) is 8.21. The number of aromatic nitrogens is 1. The van der Waals surface area contributed by atoms with E-state index in [4.69, 9.17) is 21.6 Å². The average molecular weight is 379 g/mol. The Morgan fingerprint density at radius 3 is 2.37 bits per heavy atom. The topological polar surface area (TPSA) is 87.0 Å². The summed E-state index contributed by atoms with van der Waals surface area (Å²) in [4.78, 5) is 16.4. The Labute approximate surface area is 161 Å². The summed E-state index contributed by atoms with van der Waals surface area (Å²) in [6, 6.07) is 17.3. The zero-order chi connectivity index (χ0) is 19.2. The SMILES string of the molecule is COc1ccc(Nc2ccc(C(=O)Nc3ccc(C#N)cc3)nc2)cc1Cl. The van der Waals surface area contributed by atoms with Gasteiger partial charge in [-0.25, -0.2) is 4.98 Å². The minimum absolute atomic E-state index is 0.276. The molecule has 0 fully saturated rings. The van der Waals surface area contributed by atoms with Crippen LogP contribution in [-0.2, 0) is 0 Å². The summed E-state index contributed by atoms with van der Waals surface area (Å²) < 4.78 is 5.12. The summed E-state index contributed by atoms with van der Waals surface area (Å²) >= 11 is 6.11. The number of carbonyl (C=O) groups excluding carboxylic acids is 1.